The summed E-state index contributed by atoms with van der Waals surface area (Å²) in [5.74, 6) is 1.58. The van der Waals surface area contributed by atoms with Gasteiger partial charge in [-0.3, -0.25) is 4.72 Å². The SMILES string of the molecule is C=C/C=C(\C=C)CSNC(c1ccccc1C=C)C1CCCCCCC1.CC. The van der Waals surface area contributed by atoms with Crippen molar-refractivity contribution in [1.82, 2.24) is 4.72 Å². The minimum Gasteiger partial charge on any atom is -0.256 e. The average Bonchev–Trinajstić information content (AvgIpc) is 2.72. The topological polar surface area (TPSA) is 12.0 Å². The Bertz CT molecular complexity index is 609. The third-order valence-corrected chi connectivity index (χ3v) is 6.11. The molecular weight excluding hydrogens is 358 g/mol. The van der Waals surface area contributed by atoms with Crippen LogP contribution in [0, 0.1) is 5.92 Å². The highest BCUT2D eigenvalue weighted by molar-refractivity contribution is 7.97. The highest BCUT2D eigenvalue weighted by atomic mass is 32.2. The van der Waals surface area contributed by atoms with Gasteiger partial charge in [-0.2, -0.15) is 0 Å². The first kappa shape index (κ1) is 24.5. The summed E-state index contributed by atoms with van der Waals surface area (Å²) in [6, 6.07) is 9.06. The monoisotopic (exact) mass is 397 g/mol. The first-order valence-electron chi connectivity index (χ1n) is 10.8. The third kappa shape index (κ3) is 8.24. The molecular formula is C26H39NS. The Labute approximate surface area is 178 Å². The second kappa shape index (κ2) is 15.4. The fourth-order valence-corrected chi connectivity index (χ4v) is 4.72. The van der Waals surface area contributed by atoms with Crippen LogP contribution in [0.3, 0.4) is 0 Å². The maximum Gasteiger partial charge on any atom is 0.0455 e. The molecule has 0 spiro atoms. The molecule has 28 heavy (non-hydrogen) atoms. The molecule has 0 heterocycles. The Morgan fingerprint density at radius 2 is 1.71 bits per heavy atom. The second-order valence-corrected chi connectivity index (χ2v) is 7.82. The fourth-order valence-electron chi connectivity index (χ4n) is 3.76. The summed E-state index contributed by atoms with van der Waals surface area (Å²) in [4.78, 5) is 0. The zero-order valence-corrected chi connectivity index (χ0v) is 18.8. The molecule has 0 amide bonds. The molecule has 1 aromatic carbocycles. The van der Waals surface area contributed by atoms with Crippen LogP contribution in [-0.2, 0) is 0 Å². The lowest BCUT2D eigenvalue weighted by Gasteiger charge is -2.31. The summed E-state index contributed by atoms with van der Waals surface area (Å²) in [6.07, 6.45) is 17.2. The zero-order chi connectivity index (χ0) is 20.6. The van der Waals surface area contributed by atoms with Crippen LogP contribution in [-0.4, -0.2) is 5.75 Å². The van der Waals surface area contributed by atoms with Crippen molar-refractivity contribution in [2.24, 2.45) is 5.92 Å². The molecule has 0 radical (unpaired) electrons. The van der Waals surface area contributed by atoms with Crippen molar-refractivity contribution in [1.29, 1.82) is 0 Å². The molecule has 1 saturated carbocycles. The zero-order valence-electron chi connectivity index (χ0n) is 18.0. The largest absolute Gasteiger partial charge is 0.256 e. The van der Waals surface area contributed by atoms with E-state index in [-0.39, 0.29) is 0 Å². The minimum absolute atomic E-state index is 0.363. The van der Waals surface area contributed by atoms with Crippen LogP contribution in [0.4, 0.5) is 0 Å². The predicted molar refractivity (Wildman–Crippen MR) is 131 cm³/mol. The van der Waals surface area contributed by atoms with Crippen LogP contribution < -0.4 is 4.72 Å². The maximum atomic E-state index is 4.03. The van der Waals surface area contributed by atoms with Crippen molar-refractivity contribution in [3.63, 3.8) is 0 Å². The van der Waals surface area contributed by atoms with Crippen LogP contribution in [0.1, 0.15) is 76.0 Å². The van der Waals surface area contributed by atoms with Crippen LogP contribution in [0.2, 0.25) is 0 Å². The van der Waals surface area contributed by atoms with Gasteiger partial charge in [-0.1, -0.05) is 126 Å². The van der Waals surface area contributed by atoms with Crippen molar-refractivity contribution >= 4 is 18.0 Å². The van der Waals surface area contributed by atoms with Gasteiger partial charge in [0.1, 0.15) is 0 Å². The minimum atomic E-state index is 0.363. The second-order valence-electron chi connectivity index (χ2n) is 7.00. The van der Waals surface area contributed by atoms with Gasteiger partial charge in [0, 0.05) is 11.8 Å². The Balaban J connectivity index is 0.00000190. The smallest absolute Gasteiger partial charge is 0.0455 e. The third-order valence-electron chi connectivity index (χ3n) is 5.22. The molecule has 2 heteroatoms. The lowest BCUT2D eigenvalue weighted by molar-refractivity contribution is 0.316. The van der Waals surface area contributed by atoms with Crippen LogP contribution in [0.15, 0.2) is 67.8 Å². The van der Waals surface area contributed by atoms with Gasteiger partial charge in [-0.15, -0.1) is 0 Å². The molecule has 0 bridgehead atoms. The normalized spacial score (nSPS) is 16.7. The van der Waals surface area contributed by atoms with Gasteiger partial charge >= 0.3 is 0 Å². The number of hydrogen-bond acceptors (Lipinski definition) is 2. The van der Waals surface area contributed by atoms with Crippen LogP contribution >= 0.6 is 11.9 Å². The molecule has 1 fully saturated rings. The van der Waals surface area contributed by atoms with Crippen molar-refractivity contribution in [3.05, 3.63) is 78.9 Å². The molecule has 154 valence electrons. The van der Waals surface area contributed by atoms with Crippen molar-refractivity contribution in [3.8, 4) is 0 Å². The van der Waals surface area contributed by atoms with Crippen molar-refractivity contribution < 1.29 is 0 Å². The Morgan fingerprint density at radius 1 is 1.07 bits per heavy atom. The van der Waals surface area contributed by atoms with E-state index in [0.717, 1.165) is 5.75 Å². The standard InChI is InChI=1S/C24H33NS.C2H6/c1-4-14-20(5-2)19-26-25-24(22-16-10-8-7-9-11-17-22)23-18-13-12-15-21(23)6-3;1-2/h4-6,12-15,18,22,24-25H,1-3,7-11,16-17,19H2;1-2H3/b20-14+;. The van der Waals surface area contributed by atoms with E-state index in [2.05, 4.69) is 48.7 Å². The van der Waals surface area contributed by atoms with Crippen molar-refractivity contribution in [2.45, 2.75) is 64.8 Å². The molecule has 0 aromatic heterocycles. The van der Waals surface area contributed by atoms with Gasteiger partial charge < -0.3 is 0 Å². The Hall–Kier alpha value is -1.51. The fraction of sp³-hybridized carbons (Fsp3) is 0.462. The van der Waals surface area contributed by atoms with E-state index in [1.807, 2.05) is 38.2 Å². The molecule has 0 aliphatic heterocycles. The molecule has 1 aromatic rings. The molecule has 0 saturated heterocycles. The highest BCUT2D eigenvalue weighted by Gasteiger charge is 2.25. The predicted octanol–water partition coefficient (Wildman–Crippen LogP) is 8.29. The Kier molecular flexibility index (Phi) is 13.5. The van der Waals surface area contributed by atoms with Gasteiger partial charge in [0.15, 0.2) is 0 Å². The van der Waals surface area contributed by atoms with Crippen molar-refractivity contribution in [2.75, 3.05) is 5.75 Å². The summed E-state index contributed by atoms with van der Waals surface area (Å²) in [7, 11) is 0. The lowest BCUT2D eigenvalue weighted by Crippen LogP contribution is -2.25. The first-order chi connectivity index (χ1) is 13.8. The maximum absolute atomic E-state index is 4.03. The lowest BCUT2D eigenvalue weighted by atomic mass is 9.82. The van der Waals surface area contributed by atoms with E-state index in [1.165, 1.54) is 61.6 Å². The van der Waals surface area contributed by atoms with Crippen LogP contribution in [0.25, 0.3) is 6.08 Å². The van der Waals surface area contributed by atoms with Crippen LogP contribution in [0.5, 0.6) is 0 Å². The summed E-state index contributed by atoms with van der Waals surface area (Å²) in [5.41, 5.74) is 3.83. The van der Waals surface area contributed by atoms with E-state index >= 15 is 0 Å². The highest BCUT2D eigenvalue weighted by Crippen LogP contribution is 2.36. The van der Waals surface area contributed by atoms with E-state index < -0.39 is 0 Å². The number of rotatable bonds is 9. The van der Waals surface area contributed by atoms with Gasteiger partial charge in [0.05, 0.1) is 0 Å². The summed E-state index contributed by atoms with van der Waals surface area (Å²) in [5, 5.41) is 0. The van der Waals surface area contributed by atoms with Gasteiger partial charge in [-0.25, -0.2) is 0 Å². The molecule has 1 aliphatic rings. The van der Waals surface area contributed by atoms with E-state index in [0.29, 0.717) is 12.0 Å². The van der Waals surface area contributed by atoms with E-state index in [9.17, 15) is 0 Å². The molecule has 2 rings (SSSR count). The molecule has 1 N–H and O–H groups in total. The van der Waals surface area contributed by atoms with Gasteiger partial charge in [-0.05, 0) is 35.5 Å². The van der Waals surface area contributed by atoms with E-state index in [4.69, 9.17) is 0 Å². The number of nitrogens with one attached hydrogen (secondary N) is 1. The summed E-state index contributed by atoms with van der Waals surface area (Å²) in [6.45, 7) is 15.7. The Morgan fingerprint density at radius 3 is 2.32 bits per heavy atom. The number of benzene rings is 1. The number of hydrogen-bond donors (Lipinski definition) is 1. The molecule has 1 unspecified atom stereocenters. The molecule has 1 aliphatic carbocycles. The summed E-state index contributed by atoms with van der Waals surface area (Å²) >= 11 is 1.78. The molecule has 1 atom stereocenters. The molecule has 1 nitrogen and oxygen atoms in total. The first-order valence-corrected chi connectivity index (χ1v) is 11.8. The summed E-state index contributed by atoms with van der Waals surface area (Å²) < 4.78 is 3.80. The average molecular weight is 398 g/mol. The quantitative estimate of drug-likeness (QED) is 0.332. The van der Waals surface area contributed by atoms with E-state index in [1.54, 1.807) is 11.9 Å². The van der Waals surface area contributed by atoms with Gasteiger partial charge in [0.25, 0.3) is 0 Å². The van der Waals surface area contributed by atoms with Gasteiger partial charge in [0.2, 0.25) is 0 Å². The number of allylic oxidation sites excluding steroid dienone is 3.